The molecule has 20 heavy (non-hydrogen) atoms. The van der Waals surface area contributed by atoms with Gasteiger partial charge in [-0.25, -0.2) is 4.79 Å². The van der Waals surface area contributed by atoms with Crippen molar-refractivity contribution in [2.75, 3.05) is 26.7 Å². The minimum Gasteiger partial charge on any atom is -0.343 e. The maximum Gasteiger partial charge on any atom is 0.318 e. The van der Waals surface area contributed by atoms with Crippen molar-refractivity contribution in [1.82, 2.24) is 15.1 Å². The molecule has 0 aromatic heterocycles. The average molecular weight is 279 g/mol. The number of urea groups is 1. The number of hydrogen-bond acceptors (Lipinski definition) is 2. The number of rotatable bonds is 4. The molecule has 0 unspecified atom stereocenters. The van der Waals surface area contributed by atoms with Gasteiger partial charge >= 0.3 is 6.03 Å². The zero-order chi connectivity index (χ0) is 15.1. The number of amides is 3. The van der Waals surface area contributed by atoms with Crippen molar-refractivity contribution in [1.29, 1.82) is 0 Å². The Balaban J connectivity index is 2.34. The number of piperidine rings is 1. The summed E-state index contributed by atoms with van der Waals surface area (Å²) in [6.45, 7) is 5.83. The van der Waals surface area contributed by atoms with Crippen LogP contribution in [0.2, 0.25) is 0 Å². The van der Waals surface area contributed by atoms with E-state index in [9.17, 15) is 9.59 Å². The Morgan fingerprint density at radius 2 is 2.00 bits per heavy atom. The van der Waals surface area contributed by atoms with Crippen molar-refractivity contribution in [2.45, 2.75) is 39.2 Å². The second-order valence-electron chi connectivity index (χ2n) is 5.76. The maximum atomic E-state index is 11.9. The van der Waals surface area contributed by atoms with Gasteiger partial charge in [0.05, 0.1) is 6.54 Å². The van der Waals surface area contributed by atoms with Gasteiger partial charge < -0.3 is 15.1 Å². The van der Waals surface area contributed by atoms with Crippen LogP contribution in [0.15, 0.2) is 0 Å². The molecule has 0 saturated carbocycles. The largest absolute Gasteiger partial charge is 0.343 e. The molecule has 0 aliphatic carbocycles. The van der Waals surface area contributed by atoms with Crippen LogP contribution >= 0.6 is 0 Å². The third-order valence-electron chi connectivity index (χ3n) is 3.43. The fourth-order valence-electron chi connectivity index (χ4n) is 2.25. The number of nitrogens with zero attached hydrogens (tertiary/aromatic N) is 2. The van der Waals surface area contributed by atoms with Crippen LogP contribution in [0.1, 0.15) is 33.1 Å². The summed E-state index contributed by atoms with van der Waals surface area (Å²) in [6.07, 6.45) is 7.38. The van der Waals surface area contributed by atoms with Gasteiger partial charge in [-0.3, -0.25) is 4.79 Å². The Kier molecular flexibility index (Phi) is 6.37. The predicted octanol–water partition coefficient (Wildman–Crippen LogP) is 1.30. The highest BCUT2D eigenvalue weighted by Gasteiger charge is 2.24. The average Bonchev–Trinajstić information content (AvgIpc) is 2.39. The SMILES string of the molecule is C#CCN(C)C(=O)NC1CCN(C(=O)CC(C)C)CC1. The Labute approximate surface area is 121 Å². The highest BCUT2D eigenvalue weighted by molar-refractivity contribution is 5.77. The number of nitrogens with one attached hydrogen (secondary N) is 1. The van der Waals surface area contributed by atoms with Crippen molar-refractivity contribution in [3.63, 3.8) is 0 Å². The van der Waals surface area contributed by atoms with Crippen molar-refractivity contribution in [3.05, 3.63) is 0 Å². The first-order valence-corrected chi connectivity index (χ1v) is 7.17. The molecule has 1 saturated heterocycles. The lowest BCUT2D eigenvalue weighted by atomic mass is 10.0. The molecule has 0 atom stereocenters. The summed E-state index contributed by atoms with van der Waals surface area (Å²) in [7, 11) is 1.68. The highest BCUT2D eigenvalue weighted by atomic mass is 16.2. The van der Waals surface area contributed by atoms with Gasteiger partial charge in [0.2, 0.25) is 5.91 Å². The van der Waals surface area contributed by atoms with Gasteiger partial charge in [-0.1, -0.05) is 19.8 Å². The molecular formula is C15H25N3O2. The van der Waals surface area contributed by atoms with Crippen molar-refractivity contribution < 1.29 is 9.59 Å². The summed E-state index contributed by atoms with van der Waals surface area (Å²) in [4.78, 5) is 27.1. The molecule has 1 N–H and O–H groups in total. The Bertz CT molecular complexity index is 379. The summed E-state index contributed by atoms with van der Waals surface area (Å²) in [5.74, 6) is 3.04. The predicted molar refractivity (Wildman–Crippen MR) is 79.1 cm³/mol. The fourth-order valence-corrected chi connectivity index (χ4v) is 2.25. The van der Waals surface area contributed by atoms with Crippen LogP contribution in [-0.2, 0) is 4.79 Å². The fraction of sp³-hybridized carbons (Fsp3) is 0.733. The second kappa shape index (κ2) is 7.78. The lowest BCUT2D eigenvalue weighted by Gasteiger charge is -2.33. The van der Waals surface area contributed by atoms with E-state index in [1.165, 1.54) is 4.90 Å². The Hall–Kier alpha value is -1.70. The number of carbonyl (C=O) groups excluding carboxylic acids is 2. The molecule has 5 nitrogen and oxygen atoms in total. The van der Waals surface area contributed by atoms with Gasteiger partial charge in [0.15, 0.2) is 0 Å². The lowest BCUT2D eigenvalue weighted by Crippen LogP contribution is -2.49. The zero-order valence-corrected chi connectivity index (χ0v) is 12.7. The van der Waals surface area contributed by atoms with Crippen LogP contribution < -0.4 is 5.32 Å². The van der Waals surface area contributed by atoms with E-state index in [1.807, 2.05) is 18.7 Å². The molecule has 0 aromatic carbocycles. The highest BCUT2D eigenvalue weighted by Crippen LogP contribution is 2.13. The van der Waals surface area contributed by atoms with Gasteiger partial charge in [0, 0.05) is 32.6 Å². The maximum absolute atomic E-state index is 11.9. The number of likely N-dealkylation sites (tertiary alicyclic amines) is 1. The lowest BCUT2D eigenvalue weighted by molar-refractivity contribution is -0.133. The first-order chi connectivity index (χ1) is 9.43. The van der Waals surface area contributed by atoms with Crippen molar-refractivity contribution in [3.8, 4) is 12.3 Å². The number of hydrogen-bond donors (Lipinski definition) is 1. The van der Waals surface area contributed by atoms with E-state index in [2.05, 4.69) is 11.2 Å². The van der Waals surface area contributed by atoms with Crippen LogP contribution in [-0.4, -0.2) is 54.5 Å². The molecule has 3 amide bonds. The second-order valence-corrected chi connectivity index (χ2v) is 5.76. The quantitative estimate of drug-likeness (QED) is 0.789. The summed E-state index contributed by atoms with van der Waals surface area (Å²) in [5, 5.41) is 2.96. The van der Waals surface area contributed by atoms with Crippen LogP contribution in [0.4, 0.5) is 4.79 Å². The zero-order valence-electron chi connectivity index (χ0n) is 12.7. The van der Waals surface area contributed by atoms with E-state index in [0.29, 0.717) is 18.9 Å². The smallest absolute Gasteiger partial charge is 0.318 e. The molecule has 1 rings (SSSR count). The van der Waals surface area contributed by atoms with E-state index in [0.717, 1.165) is 25.9 Å². The van der Waals surface area contributed by atoms with Gasteiger partial charge in [-0.05, 0) is 18.8 Å². The molecule has 1 heterocycles. The monoisotopic (exact) mass is 279 g/mol. The first kappa shape index (κ1) is 16.4. The van der Waals surface area contributed by atoms with Crippen LogP contribution in [0.5, 0.6) is 0 Å². The summed E-state index contributed by atoms with van der Waals surface area (Å²) >= 11 is 0. The normalized spacial score (nSPS) is 15.8. The topological polar surface area (TPSA) is 52.7 Å². The van der Waals surface area contributed by atoms with Gasteiger partial charge in [-0.2, -0.15) is 0 Å². The summed E-state index contributed by atoms with van der Waals surface area (Å²) in [5.41, 5.74) is 0. The summed E-state index contributed by atoms with van der Waals surface area (Å²) < 4.78 is 0. The third kappa shape index (κ3) is 5.12. The molecule has 5 heteroatoms. The molecule has 1 aliphatic heterocycles. The van der Waals surface area contributed by atoms with E-state index < -0.39 is 0 Å². The van der Waals surface area contributed by atoms with Crippen molar-refractivity contribution in [2.24, 2.45) is 5.92 Å². The third-order valence-corrected chi connectivity index (χ3v) is 3.43. The minimum atomic E-state index is -0.144. The Morgan fingerprint density at radius 3 is 2.50 bits per heavy atom. The number of carbonyl (C=O) groups is 2. The molecule has 0 bridgehead atoms. The summed E-state index contributed by atoms with van der Waals surface area (Å²) in [6, 6.07) is -0.0132. The van der Waals surface area contributed by atoms with E-state index in [-0.39, 0.29) is 18.0 Å². The van der Waals surface area contributed by atoms with Crippen molar-refractivity contribution >= 4 is 11.9 Å². The van der Waals surface area contributed by atoms with Gasteiger partial charge in [0.25, 0.3) is 0 Å². The van der Waals surface area contributed by atoms with E-state index in [1.54, 1.807) is 7.05 Å². The molecule has 112 valence electrons. The molecule has 1 fully saturated rings. The molecule has 0 aromatic rings. The Morgan fingerprint density at radius 1 is 1.40 bits per heavy atom. The van der Waals surface area contributed by atoms with E-state index >= 15 is 0 Å². The number of terminal acetylenes is 1. The molecular weight excluding hydrogens is 254 g/mol. The first-order valence-electron chi connectivity index (χ1n) is 7.17. The standard InChI is InChI=1S/C15H25N3O2/c1-5-8-17(4)15(20)16-13-6-9-18(10-7-13)14(19)11-12(2)3/h1,12-13H,6-11H2,2-4H3,(H,16,20). The van der Waals surface area contributed by atoms with Gasteiger partial charge in [0.1, 0.15) is 0 Å². The van der Waals surface area contributed by atoms with E-state index in [4.69, 9.17) is 6.42 Å². The van der Waals surface area contributed by atoms with Crippen LogP contribution in [0.25, 0.3) is 0 Å². The molecule has 1 aliphatic rings. The van der Waals surface area contributed by atoms with Crippen LogP contribution in [0, 0.1) is 18.3 Å². The minimum absolute atomic E-state index is 0.130. The van der Waals surface area contributed by atoms with Gasteiger partial charge in [-0.15, -0.1) is 6.42 Å². The molecule has 0 spiro atoms. The van der Waals surface area contributed by atoms with Crippen LogP contribution in [0.3, 0.4) is 0 Å². The molecule has 0 radical (unpaired) electrons.